The topological polar surface area (TPSA) is 92.5 Å². The zero-order chi connectivity index (χ0) is 20.6. The first kappa shape index (κ1) is 21.9. The van der Waals surface area contributed by atoms with Crippen molar-refractivity contribution in [3.05, 3.63) is 47.5 Å². The molecule has 28 heavy (non-hydrogen) atoms. The zero-order valence-corrected chi connectivity index (χ0v) is 17.4. The Morgan fingerprint density at radius 2 is 1.11 bits per heavy atom. The monoisotopic (exact) mass is 384 g/mol. The van der Waals surface area contributed by atoms with Gasteiger partial charge in [0.25, 0.3) is 0 Å². The van der Waals surface area contributed by atoms with Crippen LogP contribution in [0, 0.1) is 0 Å². The molecule has 0 aliphatic heterocycles. The molecule has 0 aliphatic rings. The highest BCUT2D eigenvalue weighted by atomic mass is 16.3. The van der Waals surface area contributed by atoms with E-state index in [4.69, 9.17) is 11.5 Å². The van der Waals surface area contributed by atoms with Gasteiger partial charge in [-0.05, 0) is 48.2 Å². The van der Waals surface area contributed by atoms with Crippen molar-refractivity contribution in [2.45, 2.75) is 77.0 Å². The van der Waals surface area contributed by atoms with E-state index in [1.807, 2.05) is 24.3 Å². The number of anilines is 2. The minimum Gasteiger partial charge on any atom is -0.506 e. The van der Waals surface area contributed by atoms with E-state index in [1.54, 1.807) is 12.1 Å². The van der Waals surface area contributed by atoms with Gasteiger partial charge < -0.3 is 21.7 Å². The van der Waals surface area contributed by atoms with Crippen molar-refractivity contribution in [2.75, 3.05) is 11.5 Å². The van der Waals surface area contributed by atoms with E-state index in [0.717, 1.165) is 49.7 Å². The third-order valence-corrected chi connectivity index (χ3v) is 5.82. The highest BCUT2D eigenvalue weighted by Gasteiger charge is 2.34. The molecule has 0 spiro atoms. The summed E-state index contributed by atoms with van der Waals surface area (Å²) in [6.45, 7) is 4.43. The molecule has 0 unspecified atom stereocenters. The van der Waals surface area contributed by atoms with Gasteiger partial charge in [-0.3, -0.25) is 0 Å². The number of rotatable bonds is 11. The fourth-order valence-electron chi connectivity index (χ4n) is 4.10. The summed E-state index contributed by atoms with van der Waals surface area (Å²) in [5, 5.41) is 19.9. The van der Waals surface area contributed by atoms with Crippen LogP contribution in [0.3, 0.4) is 0 Å². The fraction of sp³-hybridized carbons (Fsp3) is 0.500. The van der Waals surface area contributed by atoms with Gasteiger partial charge in [0.2, 0.25) is 0 Å². The Labute approximate surface area is 169 Å². The van der Waals surface area contributed by atoms with E-state index >= 15 is 0 Å². The molecular formula is C24H36N2O2. The third kappa shape index (κ3) is 5.12. The number of nitrogen functional groups attached to an aromatic ring is 2. The first-order chi connectivity index (χ1) is 13.4. The van der Waals surface area contributed by atoms with Gasteiger partial charge >= 0.3 is 0 Å². The molecule has 0 bridgehead atoms. The summed E-state index contributed by atoms with van der Waals surface area (Å²) in [5.74, 6) is 0.227. The van der Waals surface area contributed by atoms with Crippen molar-refractivity contribution in [3.8, 4) is 11.5 Å². The molecule has 2 aromatic rings. The standard InChI is InChI=1S/C24H36N2O2/c1-3-5-7-9-15-24(14-8-6-4-2,18-10-12-22(27)20(25)16-18)19-11-13-23(28)21(26)17-19/h10-13,16-17,27-28H,3-9,14-15,25-26H2,1-2H3. The van der Waals surface area contributed by atoms with Crippen LogP contribution in [-0.4, -0.2) is 10.2 Å². The molecule has 0 radical (unpaired) electrons. The van der Waals surface area contributed by atoms with Gasteiger partial charge in [0.15, 0.2) is 0 Å². The van der Waals surface area contributed by atoms with Crippen LogP contribution in [0.1, 0.15) is 82.8 Å². The van der Waals surface area contributed by atoms with Crippen LogP contribution in [0.4, 0.5) is 11.4 Å². The molecule has 0 saturated carbocycles. The van der Waals surface area contributed by atoms with E-state index in [2.05, 4.69) is 13.8 Å². The predicted molar refractivity (Wildman–Crippen MR) is 119 cm³/mol. The second kappa shape index (κ2) is 10.3. The number of hydrogen-bond acceptors (Lipinski definition) is 4. The van der Waals surface area contributed by atoms with Crippen molar-refractivity contribution in [3.63, 3.8) is 0 Å². The molecule has 0 aromatic heterocycles. The van der Waals surface area contributed by atoms with E-state index < -0.39 is 0 Å². The van der Waals surface area contributed by atoms with E-state index in [9.17, 15) is 10.2 Å². The molecule has 0 heterocycles. The summed E-state index contributed by atoms with van der Waals surface area (Å²) in [6, 6.07) is 11.2. The van der Waals surface area contributed by atoms with Gasteiger partial charge in [0.1, 0.15) is 11.5 Å². The Balaban J connectivity index is 2.54. The Hall–Kier alpha value is -2.36. The van der Waals surface area contributed by atoms with Gasteiger partial charge in [0.05, 0.1) is 11.4 Å². The molecule has 4 heteroatoms. The average Bonchev–Trinajstić information content (AvgIpc) is 2.68. The average molecular weight is 385 g/mol. The summed E-state index contributed by atoms with van der Waals surface area (Å²) < 4.78 is 0. The van der Waals surface area contributed by atoms with Gasteiger partial charge in [-0.2, -0.15) is 0 Å². The Kier molecular flexibility index (Phi) is 8.04. The summed E-state index contributed by atoms with van der Waals surface area (Å²) >= 11 is 0. The van der Waals surface area contributed by atoms with Gasteiger partial charge in [-0.15, -0.1) is 0 Å². The van der Waals surface area contributed by atoms with E-state index in [0.29, 0.717) is 11.4 Å². The lowest BCUT2D eigenvalue weighted by Gasteiger charge is -2.36. The van der Waals surface area contributed by atoms with Crippen molar-refractivity contribution >= 4 is 11.4 Å². The maximum Gasteiger partial charge on any atom is 0.138 e. The zero-order valence-electron chi connectivity index (χ0n) is 17.4. The van der Waals surface area contributed by atoms with E-state index in [-0.39, 0.29) is 16.9 Å². The minimum atomic E-state index is -0.230. The first-order valence-electron chi connectivity index (χ1n) is 10.6. The number of hydrogen-bond donors (Lipinski definition) is 4. The lowest BCUT2D eigenvalue weighted by atomic mass is 9.67. The van der Waals surface area contributed by atoms with Crippen LogP contribution in [0.2, 0.25) is 0 Å². The van der Waals surface area contributed by atoms with Crippen LogP contribution < -0.4 is 11.5 Å². The van der Waals surface area contributed by atoms with Gasteiger partial charge in [0, 0.05) is 5.41 Å². The van der Waals surface area contributed by atoms with Crippen LogP contribution in [0.15, 0.2) is 36.4 Å². The maximum atomic E-state index is 9.94. The fourth-order valence-corrected chi connectivity index (χ4v) is 4.10. The molecule has 2 rings (SSSR count). The molecule has 154 valence electrons. The molecule has 0 fully saturated rings. The predicted octanol–water partition coefficient (Wildman–Crippen LogP) is 6.10. The normalized spacial score (nSPS) is 11.6. The van der Waals surface area contributed by atoms with Crippen LogP contribution in [-0.2, 0) is 5.41 Å². The van der Waals surface area contributed by atoms with Crippen LogP contribution in [0.5, 0.6) is 11.5 Å². The van der Waals surface area contributed by atoms with Crippen LogP contribution in [0.25, 0.3) is 0 Å². The molecule has 2 aromatic carbocycles. The molecule has 0 saturated heterocycles. The summed E-state index contributed by atoms with van der Waals surface area (Å²) in [7, 11) is 0. The summed E-state index contributed by atoms with van der Waals surface area (Å²) in [6.07, 6.45) is 10.1. The molecule has 4 nitrogen and oxygen atoms in total. The lowest BCUT2D eigenvalue weighted by molar-refractivity contribution is 0.394. The number of phenolic OH excluding ortho intramolecular Hbond substituents is 2. The molecule has 0 aliphatic carbocycles. The van der Waals surface area contributed by atoms with Gasteiger partial charge in [-0.1, -0.05) is 70.9 Å². The largest absolute Gasteiger partial charge is 0.506 e. The Morgan fingerprint density at radius 1 is 0.679 bits per heavy atom. The second-order valence-electron chi connectivity index (χ2n) is 7.90. The van der Waals surface area contributed by atoms with Crippen molar-refractivity contribution in [1.29, 1.82) is 0 Å². The van der Waals surface area contributed by atoms with Crippen LogP contribution >= 0.6 is 0 Å². The van der Waals surface area contributed by atoms with Crippen molar-refractivity contribution < 1.29 is 10.2 Å². The Morgan fingerprint density at radius 3 is 1.54 bits per heavy atom. The molecule has 0 amide bonds. The SMILES string of the molecule is CCCCCCC(CCCCC)(c1ccc(O)c(N)c1)c1ccc(O)c(N)c1. The number of aromatic hydroxyl groups is 2. The van der Waals surface area contributed by atoms with Crippen molar-refractivity contribution in [2.24, 2.45) is 0 Å². The third-order valence-electron chi connectivity index (χ3n) is 5.82. The van der Waals surface area contributed by atoms with E-state index in [1.165, 1.54) is 19.3 Å². The molecular weight excluding hydrogens is 348 g/mol. The minimum absolute atomic E-state index is 0.113. The maximum absolute atomic E-state index is 9.94. The lowest BCUT2D eigenvalue weighted by Crippen LogP contribution is -2.28. The number of nitrogens with two attached hydrogens (primary N) is 2. The van der Waals surface area contributed by atoms with Gasteiger partial charge in [-0.25, -0.2) is 0 Å². The number of benzene rings is 2. The van der Waals surface area contributed by atoms with Crippen molar-refractivity contribution in [1.82, 2.24) is 0 Å². The summed E-state index contributed by atoms with van der Waals surface area (Å²) in [4.78, 5) is 0. The smallest absolute Gasteiger partial charge is 0.138 e. The Bertz CT molecular complexity index is 707. The highest BCUT2D eigenvalue weighted by Crippen LogP contribution is 2.45. The molecule has 6 N–H and O–H groups in total. The first-order valence-corrected chi connectivity index (χ1v) is 10.6. The molecule has 0 atom stereocenters. The highest BCUT2D eigenvalue weighted by molar-refractivity contribution is 5.59. The number of phenols is 2. The summed E-state index contributed by atoms with van der Waals surface area (Å²) in [5.41, 5.74) is 14.9. The second-order valence-corrected chi connectivity index (χ2v) is 7.90. The number of unbranched alkanes of at least 4 members (excludes halogenated alkanes) is 5. The quantitative estimate of drug-likeness (QED) is 0.214.